The smallest absolute Gasteiger partial charge is 0.238 e. The van der Waals surface area contributed by atoms with E-state index < -0.39 is 5.41 Å². The lowest BCUT2D eigenvalue weighted by Crippen LogP contribution is -2.23. The number of para-hydroxylation sites is 2. The van der Waals surface area contributed by atoms with Gasteiger partial charge in [0.25, 0.3) is 0 Å². The number of carbonyl (C=O) groups is 1. The van der Waals surface area contributed by atoms with Gasteiger partial charge in [0, 0.05) is 23.4 Å². The van der Waals surface area contributed by atoms with Crippen LogP contribution in [0, 0.1) is 0 Å². The van der Waals surface area contributed by atoms with Crippen LogP contribution in [0.25, 0.3) is 16.6 Å². The Kier molecular flexibility index (Phi) is 6.62. The number of fused-ring (bicyclic) bond motifs is 1. The van der Waals surface area contributed by atoms with Crippen LogP contribution in [0.2, 0.25) is 0 Å². The molecule has 1 atom stereocenters. The Morgan fingerprint density at radius 1 is 0.846 bits per heavy atom. The monoisotopic (exact) mass is 507 g/mol. The molecule has 2 aromatic heterocycles. The SMILES string of the molecule is O=C(C=CC1(c2ccc(Oc3cnc4ccccc4n3)cc2)C=CC=C(c2cccnc2)C1)c1ccccc1. The van der Waals surface area contributed by atoms with Gasteiger partial charge in [0.1, 0.15) is 5.75 Å². The van der Waals surface area contributed by atoms with Crippen LogP contribution in [0.15, 0.2) is 140 Å². The fourth-order valence-corrected chi connectivity index (χ4v) is 4.80. The number of aromatic nitrogens is 3. The number of benzene rings is 3. The van der Waals surface area contributed by atoms with E-state index in [0.717, 1.165) is 27.7 Å². The maximum atomic E-state index is 13.0. The van der Waals surface area contributed by atoms with E-state index in [2.05, 4.69) is 39.2 Å². The van der Waals surface area contributed by atoms with Crippen molar-refractivity contribution in [1.29, 1.82) is 0 Å². The molecule has 0 fully saturated rings. The lowest BCUT2D eigenvalue weighted by molar-refractivity contribution is 0.104. The number of hydrogen-bond donors (Lipinski definition) is 0. The van der Waals surface area contributed by atoms with Crippen LogP contribution < -0.4 is 4.74 Å². The zero-order valence-corrected chi connectivity index (χ0v) is 21.1. The molecule has 5 aromatic rings. The molecule has 39 heavy (non-hydrogen) atoms. The summed E-state index contributed by atoms with van der Waals surface area (Å²) >= 11 is 0. The highest BCUT2D eigenvalue weighted by molar-refractivity contribution is 6.04. The van der Waals surface area contributed by atoms with Gasteiger partial charge in [-0.2, -0.15) is 0 Å². The molecule has 5 nitrogen and oxygen atoms in total. The molecule has 0 N–H and O–H groups in total. The van der Waals surface area contributed by atoms with Crippen LogP contribution >= 0.6 is 0 Å². The molecule has 0 spiro atoms. The van der Waals surface area contributed by atoms with Crippen molar-refractivity contribution in [2.24, 2.45) is 0 Å². The molecular formula is C34H25N3O2. The fourth-order valence-electron chi connectivity index (χ4n) is 4.80. The minimum absolute atomic E-state index is 0.0318. The van der Waals surface area contributed by atoms with Crippen molar-refractivity contribution in [3.8, 4) is 11.6 Å². The highest BCUT2D eigenvalue weighted by atomic mass is 16.5. The maximum Gasteiger partial charge on any atom is 0.238 e. The summed E-state index contributed by atoms with van der Waals surface area (Å²) in [5.41, 5.74) is 4.99. The number of rotatable bonds is 7. The van der Waals surface area contributed by atoms with Crippen LogP contribution in [0.3, 0.4) is 0 Å². The lowest BCUT2D eigenvalue weighted by atomic mass is 9.71. The standard InChI is InChI=1S/C34H25N3O2/c38-32(25-8-2-1-3-9-25)18-20-34(19-6-10-26(22-34)27-11-7-21-35-23-27)28-14-16-29(17-15-28)39-33-24-36-30-12-4-5-13-31(30)37-33/h1-21,23-24H,22H2. The Hall–Kier alpha value is -5.16. The van der Waals surface area contributed by atoms with E-state index in [4.69, 9.17) is 4.74 Å². The van der Waals surface area contributed by atoms with Crippen molar-refractivity contribution < 1.29 is 9.53 Å². The molecule has 0 saturated heterocycles. The van der Waals surface area contributed by atoms with Gasteiger partial charge >= 0.3 is 0 Å². The summed E-state index contributed by atoms with van der Waals surface area (Å²) in [5, 5.41) is 0. The molecular weight excluding hydrogens is 482 g/mol. The van der Waals surface area contributed by atoms with Gasteiger partial charge in [-0.15, -0.1) is 0 Å². The molecule has 3 aromatic carbocycles. The van der Waals surface area contributed by atoms with Crippen molar-refractivity contribution in [1.82, 2.24) is 15.0 Å². The molecule has 1 aliphatic rings. The quantitative estimate of drug-likeness (QED) is 0.168. The van der Waals surface area contributed by atoms with Gasteiger partial charge in [-0.05, 0) is 59.5 Å². The van der Waals surface area contributed by atoms with Crippen LogP contribution in [0.1, 0.15) is 27.9 Å². The second-order valence-corrected chi connectivity index (χ2v) is 9.40. The predicted molar refractivity (Wildman–Crippen MR) is 154 cm³/mol. The lowest BCUT2D eigenvalue weighted by Gasteiger charge is -2.32. The summed E-state index contributed by atoms with van der Waals surface area (Å²) < 4.78 is 6.02. The van der Waals surface area contributed by atoms with Crippen LogP contribution in [0.4, 0.5) is 0 Å². The van der Waals surface area contributed by atoms with Gasteiger partial charge in [-0.25, -0.2) is 9.97 Å². The third kappa shape index (κ3) is 5.29. The molecule has 0 bridgehead atoms. The molecule has 1 unspecified atom stereocenters. The Balaban J connectivity index is 1.31. The minimum atomic E-state index is -0.522. The van der Waals surface area contributed by atoms with Crippen LogP contribution in [-0.4, -0.2) is 20.7 Å². The highest BCUT2D eigenvalue weighted by Crippen LogP contribution is 2.41. The molecule has 0 amide bonds. The normalized spacial score (nSPS) is 16.8. The number of hydrogen-bond acceptors (Lipinski definition) is 5. The van der Waals surface area contributed by atoms with Crippen molar-refractivity contribution >= 4 is 22.4 Å². The molecule has 188 valence electrons. The van der Waals surface area contributed by atoms with Gasteiger partial charge in [-0.3, -0.25) is 9.78 Å². The van der Waals surface area contributed by atoms with Gasteiger partial charge in [0.05, 0.1) is 17.2 Å². The minimum Gasteiger partial charge on any atom is -0.437 e. The maximum absolute atomic E-state index is 13.0. The first kappa shape index (κ1) is 24.2. The number of carbonyl (C=O) groups excluding carboxylic acids is 1. The van der Waals surface area contributed by atoms with E-state index in [1.54, 1.807) is 18.5 Å². The molecule has 0 aliphatic heterocycles. The molecule has 0 saturated carbocycles. The van der Waals surface area contributed by atoms with Gasteiger partial charge in [0.2, 0.25) is 5.88 Å². The molecule has 1 aliphatic carbocycles. The Bertz CT molecular complexity index is 1710. The summed E-state index contributed by atoms with van der Waals surface area (Å²) in [4.78, 5) is 26.3. The van der Waals surface area contributed by atoms with Crippen molar-refractivity contribution in [2.45, 2.75) is 11.8 Å². The van der Waals surface area contributed by atoms with Crippen LogP contribution in [-0.2, 0) is 5.41 Å². The second-order valence-electron chi connectivity index (χ2n) is 9.40. The number of nitrogens with zero attached hydrogens (tertiary/aromatic N) is 3. The summed E-state index contributed by atoms with van der Waals surface area (Å²) in [6.07, 6.45) is 16.0. The highest BCUT2D eigenvalue weighted by Gasteiger charge is 2.30. The first-order valence-corrected chi connectivity index (χ1v) is 12.8. The van der Waals surface area contributed by atoms with E-state index in [1.165, 1.54) is 0 Å². The average Bonchev–Trinajstić information content (AvgIpc) is 3.01. The topological polar surface area (TPSA) is 65.0 Å². The van der Waals surface area contributed by atoms with E-state index in [0.29, 0.717) is 23.6 Å². The third-order valence-corrected chi connectivity index (χ3v) is 6.84. The van der Waals surface area contributed by atoms with Gasteiger partial charge in [0.15, 0.2) is 5.78 Å². The van der Waals surface area contributed by atoms with E-state index >= 15 is 0 Å². The van der Waals surface area contributed by atoms with Crippen molar-refractivity contribution in [3.63, 3.8) is 0 Å². The first-order chi connectivity index (χ1) is 19.2. The fraction of sp³-hybridized carbons (Fsp3) is 0.0588. The number of ether oxygens (including phenoxy) is 1. The largest absolute Gasteiger partial charge is 0.437 e. The summed E-state index contributed by atoms with van der Waals surface area (Å²) in [6.45, 7) is 0. The molecule has 0 radical (unpaired) electrons. The summed E-state index contributed by atoms with van der Waals surface area (Å²) in [7, 11) is 0. The Labute approximate surface area is 226 Å². The van der Waals surface area contributed by atoms with Gasteiger partial charge in [-0.1, -0.05) is 85.0 Å². The van der Waals surface area contributed by atoms with Crippen molar-refractivity contribution in [3.05, 3.63) is 157 Å². The zero-order chi connectivity index (χ0) is 26.5. The second kappa shape index (κ2) is 10.7. The van der Waals surface area contributed by atoms with E-state index in [-0.39, 0.29) is 5.78 Å². The number of pyridine rings is 1. The number of allylic oxidation sites excluding steroid dienone is 6. The van der Waals surface area contributed by atoms with Crippen LogP contribution in [0.5, 0.6) is 11.6 Å². The summed E-state index contributed by atoms with van der Waals surface area (Å²) in [5.74, 6) is 1.06. The Morgan fingerprint density at radius 2 is 1.64 bits per heavy atom. The predicted octanol–water partition coefficient (Wildman–Crippen LogP) is 7.54. The molecule has 2 heterocycles. The average molecular weight is 508 g/mol. The third-order valence-electron chi connectivity index (χ3n) is 6.84. The molecule has 6 rings (SSSR count). The number of ketones is 1. The van der Waals surface area contributed by atoms with E-state index in [9.17, 15) is 4.79 Å². The molecule has 5 heteroatoms. The van der Waals surface area contributed by atoms with Gasteiger partial charge < -0.3 is 4.74 Å². The first-order valence-electron chi connectivity index (χ1n) is 12.8. The van der Waals surface area contributed by atoms with Crippen molar-refractivity contribution in [2.75, 3.05) is 0 Å². The van der Waals surface area contributed by atoms with E-state index in [1.807, 2.05) is 97.2 Å². The Morgan fingerprint density at radius 3 is 2.44 bits per heavy atom. The zero-order valence-electron chi connectivity index (χ0n) is 21.1. The summed E-state index contributed by atoms with van der Waals surface area (Å²) in [6, 6.07) is 28.9.